The van der Waals surface area contributed by atoms with Crippen molar-refractivity contribution in [2.45, 2.75) is 32.9 Å². The molecule has 0 aromatic carbocycles. The van der Waals surface area contributed by atoms with Gasteiger partial charge in [-0.3, -0.25) is 9.78 Å². The number of carbonyl (C=O) groups is 1. The average Bonchev–Trinajstić information content (AvgIpc) is 2.87. The van der Waals surface area contributed by atoms with Gasteiger partial charge in [-0.05, 0) is 26.0 Å². The second kappa shape index (κ2) is 5.71. The van der Waals surface area contributed by atoms with Gasteiger partial charge in [0.15, 0.2) is 5.78 Å². The molecule has 0 spiro atoms. The summed E-state index contributed by atoms with van der Waals surface area (Å²) in [5, 5.41) is 4.12. The van der Waals surface area contributed by atoms with Gasteiger partial charge in [-0.15, -0.1) is 0 Å². The number of ketones is 1. The summed E-state index contributed by atoms with van der Waals surface area (Å²) >= 11 is 0. The first-order valence-electron chi connectivity index (χ1n) is 6.18. The predicted molar refractivity (Wildman–Crippen MR) is 70.6 cm³/mol. The van der Waals surface area contributed by atoms with E-state index in [9.17, 15) is 4.79 Å². The van der Waals surface area contributed by atoms with E-state index in [1.807, 2.05) is 13.8 Å². The van der Waals surface area contributed by atoms with Crippen LogP contribution in [0.1, 0.15) is 41.8 Å². The molecule has 0 aliphatic carbocycles. The van der Waals surface area contributed by atoms with Gasteiger partial charge in [0.05, 0.1) is 12.1 Å². The Balaban J connectivity index is 2.18. The fourth-order valence-corrected chi connectivity index (χ4v) is 1.84. The van der Waals surface area contributed by atoms with E-state index >= 15 is 0 Å². The largest absolute Gasteiger partial charge is 0.325 e. The molecule has 0 radical (unpaired) electrons. The van der Waals surface area contributed by atoms with Crippen LogP contribution in [0, 0.1) is 0 Å². The highest BCUT2D eigenvalue weighted by atomic mass is 16.1. The Morgan fingerprint density at radius 3 is 2.89 bits per heavy atom. The molecule has 0 saturated carbocycles. The lowest BCUT2D eigenvalue weighted by atomic mass is 10.1. The van der Waals surface area contributed by atoms with Crippen LogP contribution in [-0.2, 0) is 13.0 Å². The van der Waals surface area contributed by atoms with Crippen LogP contribution < -0.4 is 5.73 Å². The van der Waals surface area contributed by atoms with Crippen LogP contribution in [0.5, 0.6) is 0 Å². The van der Waals surface area contributed by atoms with Crippen molar-refractivity contribution in [1.29, 1.82) is 0 Å². The topological polar surface area (TPSA) is 86.7 Å². The summed E-state index contributed by atoms with van der Waals surface area (Å²) in [5.41, 5.74) is 6.83. The van der Waals surface area contributed by atoms with Gasteiger partial charge in [-0.25, -0.2) is 9.67 Å². The Bertz CT molecular complexity index is 576. The Labute approximate surface area is 111 Å². The van der Waals surface area contributed by atoms with E-state index in [0.29, 0.717) is 23.6 Å². The van der Waals surface area contributed by atoms with Crippen molar-refractivity contribution in [3.8, 4) is 0 Å². The van der Waals surface area contributed by atoms with E-state index in [0.717, 1.165) is 0 Å². The molecule has 6 nitrogen and oxygen atoms in total. The van der Waals surface area contributed by atoms with Crippen molar-refractivity contribution in [3.05, 3.63) is 41.7 Å². The summed E-state index contributed by atoms with van der Waals surface area (Å²) in [5.74, 6) is 0.665. The predicted octanol–water partition coefficient (Wildman–Crippen LogP) is 1.14. The quantitative estimate of drug-likeness (QED) is 0.813. The molecule has 6 heteroatoms. The van der Waals surface area contributed by atoms with E-state index in [2.05, 4.69) is 15.1 Å². The molecule has 0 unspecified atom stereocenters. The van der Waals surface area contributed by atoms with Gasteiger partial charge in [0.2, 0.25) is 0 Å². The zero-order valence-electron chi connectivity index (χ0n) is 11.1. The normalized spacial score (nSPS) is 10.9. The Morgan fingerprint density at radius 2 is 2.21 bits per heavy atom. The van der Waals surface area contributed by atoms with Gasteiger partial charge in [0, 0.05) is 24.3 Å². The van der Waals surface area contributed by atoms with Crippen molar-refractivity contribution < 1.29 is 4.79 Å². The summed E-state index contributed by atoms with van der Waals surface area (Å²) in [7, 11) is 0. The fraction of sp³-hybridized carbons (Fsp3) is 0.385. The van der Waals surface area contributed by atoms with Gasteiger partial charge < -0.3 is 5.73 Å². The molecule has 0 bridgehead atoms. The van der Waals surface area contributed by atoms with E-state index < -0.39 is 0 Å². The number of nitrogens with two attached hydrogens (primary N) is 1. The number of aromatic nitrogens is 4. The third-order valence-electron chi connectivity index (χ3n) is 2.80. The highest BCUT2D eigenvalue weighted by Gasteiger charge is 2.14. The maximum atomic E-state index is 12.2. The molecular weight excluding hydrogens is 242 g/mol. The van der Waals surface area contributed by atoms with Crippen molar-refractivity contribution >= 4 is 5.78 Å². The minimum absolute atomic E-state index is 0.00741. The minimum atomic E-state index is -0.00741. The first kappa shape index (κ1) is 13.4. The first-order chi connectivity index (χ1) is 9.11. The fourth-order valence-electron chi connectivity index (χ4n) is 1.84. The van der Waals surface area contributed by atoms with Gasteiger partial charge in [-0.2, -0.15) is 5.10 Å². The molecule has 0 aliphatic heterocycles. The third-order valence-corrected chi connectivity index (χ3v) is 2.80. The Morgan fingerprint density at radius 1 is 1.42 bits per heavy atom. The van der Waals surface area contributed by atoms with Crippen LogP contribution in [0.2, 0.25) is 0 Å². The number of carbonyl (C=O) groups excluding carboxylic acids is 1. The molecule has 19 heavy (non-hydrogen) atoms. The summed E-state index contributed by atoms with van der Waals surface area (Å²) in [6.07, 6.45) is 3.30. The van der Waals surface area contributed by atoms with E-state index in [1.54, 1.807) is 23.0 Å². The number of pyridine rings is 1. The zero-order chi connectivity index (χ0) is 13.8. The van der Waals surface area contributed by atoms with Gasteiger partial charge in [0.25, 0.3) is 0 Å². The summed E-state index contributed by atoms with van der Waals surface area (Å²) < 4.78 is 1.75. The molecule has 2 aromatic rings. The number of Topliss-reactive ketones (excluding diaryl/α,β-unsaturated/α-hetero) is 1. The summed E-state index contributed by atoms with van der Waals surface area (Å²) in [6.45, 7) is 4.33. The monoisotopic (exact) mass is 259 g/mol. The summed E-state index contributed by atoms with van der Waals surface area (Å²) in [6, 6.07) is 3.60. The molecule has 0 amide bonds. The molecule has 0 atom stereocenters. The Hall–Kier alpha value is -2.08. The van der Waals surface area contributed by atoms with E-state index in [1.165, 1.54) is 6.33 Å². The highest BCUT2D eigenvalue weighted by Crippen LogP contribution is 2.10. The molecule has 100 valence electrons. The van der Waals surface area contributed by atoms with Crippen molar-refractivity contribution in [3.63, 3.8) is 0 Å². The maximum absolute atomic E-state index is 12.2. The smallest absolute Gasteiger partial charge is 0.170 e. The standard InChI is InChI=1S/C13H17N5O/c1-9(2)18-13(16-8-17-18)6-12(19)10-3-4-15-11(5-10)7-14/h3-5,8-9H,6-7,14H2,1-2H3. The van der Waals surface area contributed by atoms with Crippen molar-refractivity contribution in [1.82, 2.24) is 19.7 Å². The SMILES string of the molecule is CC(C)n1ncnc1CC(=O)c1ccnc(CN)c1. The van der Waals surface area contributed by atoms with Crippen LogP contribution in [0.4, 0.5) is 0 Å². The number of hydrogen-bond donors (Lipinski definition) is 1. The van der Waals surface area contributed by atoms with Crippen LogP contribution in [-0.4, -0.2) is 25.5 Å². The van der Waals surface area contributed by atoms with E-state index in [4.69, 9.17) is 5.73 Å². The molecule has 2 heterocycles. The molecular formula is C13H17N5O. The number of nitrogens with zero attached hydrogens (tertiary/aromatic N) is 4. The highest BCUT2D eigenvalue weighted by molar-refractivity contribution is 5.97. The Kier molecular flexibility index (Phi) is 4.01. The molecule has 2 rings (SSSR count). The van der Waals surface area contributed by atoms with Gasteiger partial charge in [-0.1, -0.05) is 0 Å². The zero-order valence-corrected chi connectivity index (χ0v) is 11.1. The maximum Gasteiger partial charge on any atom is 0.170 e. The van der Waals surface area contributed by atoms with Crippen LogP contribution in [0.15, 0.2) is 24.7 Å². The average molecular weight is 259 g/mol. The van der Waals surface area contributed by atoms with Crippen LogP contribution in [0.25, 0.3) is 0 Å². The van der Waals surface area contributed by atoms with Gasteiger partial charge in [0.1, 0.15) is 12.2 Å². The van der Waals surface area contributed by atoms with Crippen molar-refractivity contribution in [2.75, 3.05) is 0 Å². The molecule has 0 fully saturated rings. The van der Waals surface area contributed by atoms with E-state index in [-0.39, 0.29) is 18.2 Å². The van der Waals surface area contributed by atoms with Crippen molar-refractivity contribution in [2.24, 2.45) is 5.73 Å². The molecule has 0 aliphatic rings. The summed E-state index contributed by atoms with van der Waals surface area (Å²) in [4.78, 5) is 20.4. The lowest BCUT2D eigenvalue weighted by Crippen LogP contribution is -2.13. The second-order valence-corrected chi connectivity index (χ2v) is 4.55. The molecule has 2 aromatic heterocycles. The lowest BCUT2D eigenvalue weighted by Gasteiger charge is -2.08. The number of hydrogen-bond acceptors (Lipinski definition) is 5. The number of rotatable bonds is 5. The minimum Gasteiger partial charge on any atom is -0.325 e. The second-order valence-electron chi connectivity index (χ2n) is 4.55. The van der Waals surface area contributed by atoms with Gasteiger partial charge >= 0.3 is 0 Å². The van der Waals surface area contributed by atoms with Crippen LogP contribution in [0.3, 0.4) is 0 Å². The van der Waals surface area contributed by atoms with Crippen LogP contribution >= 0.6 is 0 Å². The lowest BCUT2D eigenvalue weighted by molar-refractivity contribution is 0.0989. The molecule has 0 saturated heterocycles. The third kappa shape index (κ3) is 3.03. The molecule has 2 N–H and O–H groups in total. The first-order valence-corrected chi connectivity index (χ1v) is 6.18.